The first-order valence-corrected chi connectivity index (χ1v) is 7.66. The van der Waals surface area contributed by atoms with Gasteiger partial charge in [0.25, 0.3) is 0 Å². The zero-order chi connectivity index (χ0) is 13.7. The number of halogens is 2. The summed E-state index contributed by atoms with van der Waals surface area (Å²) >= 11 is 9.43. The number of aliphatic hydroxyl groups is 1. The van der Waals surface area contributed by atoms with Crippen LogP contribution in [0.1, 0.15) is 18.4 Å². The van der Waals surface area contributed by atoms with Gasteiger partial charge in [0.15, 0.2) is 0 Å². The van der Waals surface area contributed by atoms with Gasteiger partial charge in [0, 0.05) is 41.2 Å². The van der Waals surface area contributed by atoms with Crippen molar-refractivity contribution < 1.29 is 9.84 Å². The van der Waals surface area contributed by atoms with Gasteiger partial charge in [-0.1, -0.05) is 33.6 Å². The summed E-state index contributed by atoms with van der Waals surface area (Å²) in [4.78, 5) is 0. The number of ether oxygens (including phenoxy) is 1. The minimum Gasteiger partial charge on any atom is -0.396 e. The summed E-state index contributed by atoms with van der Waals surface area (Å²) in [5.74, 6) is 0. The Balaban J connectivity index is 1.88. The van der Waals surface area contributed by atoms with Crippen molar-refractivity contribution in [3.63, 3.8) is 0 Å². The molecule has 2 N–H and O–H groups in total. The molecule has 1 aliphatic rings. The largest absolute Gasteiger partial charge is 0.396 e. The Morgan fingerprint density at radius 3 is 2.74 bits per heavy atom. The molecule has 1 fully saturated rings. The fraction of sp³-hybridized carbons (Fsp3) is 0.571. The molecule has 1 heterocycles. The SMILES string of the molecule is OCC1(CNCc2ccc(Cl)cc2Br)CCOCC1. The predicted molar refractivity (Wildman–Crippen MR) is 80.4 cm³/mol. The Hall–Kier alpha value is -0.130. The van der Waals surface area contributed by atoms with Crippen molar-refractivity contribution in [1.82, 2.24) is 5.32 Å². The molecule has 0 radical (unpaired) electrons. The molecule has 1 saturated heterocycles. The average Bonchev–Trinajstić information content (AvgIpc) is 2.42. The highest BCUT2D eigenvalue weighted by Gasteiger charge is 2.31. The summed E-state index contributed by atoms with van der Waals surface area (Å²) in [5.41, 5.74) is 1.14. The van der Waals surface area contributed by atoms with Crippen molar-refractivity contribution in [3.05, 3.63) is 33.3 Å². The zero-order valence-electron chi connectivity index (χ0n) is 10.8. The predicted octanol–water partition coefficient (Wildman–Crippen LogP) is 2.98. The molecule has 106 valence electrons. The van der Waals surface area contributed by atoms with Crippen LogP contribution >= 0.6 is 27.5 Å². The van der Waals surface area contributed by atoms with E-state index in [0.717, 1.165) is 48.6 Å². The maximum absolute atomic E-state index is 9.61. The van der Waals surface area contributed by atoms with Crippen LogP contribution in [0.2, 0.25) is 5.02 Å². The fourth-order valence-corrected chi connectivity index (χ4v) is 3.15. The second-order valence-corrected chi connectivity index (χ2v) is 6.40. The Morgan fingerprint density at radius 1 is 1.37 bits per heavy atom. The van der Waals surface area contributed by atoms with E-state index < -0.39 is 0 Å². The van der Waals surface area contributed by atoms with E-state index in [1.807, 2.05) is 18.2 Å². The van der Waals surface area contributed by atoms with Gasteiger partial charge in [0.2, 0.25) is 0 Å². The number of hydrogen-bond acceptors (Lipinski definition) is 3. The van der Waals surface area contributed by atoms with E-state index in [1.165, 1.54) is 5.56 Å². The second kappa shape index (κ2) is 7.04. The first-order chi connectivity index (χ1) is 9.15. The molecule has 3 nitrogen and oxygen atoms in total. The molecule has 0 unspecified atom stereocenters. The summed E-state index contributed by atoms with van der Waals surface area (Å²) in [5, 5.41) is 13.8. The van der Waals surface area contributed by atoms with Crippen molar-refractivity contribution >= 4 is 27.5 Å². The minimum absolute atomic E-state index is 0.0306. The average molecular weight is 349 g/mol. The molecule has 0 bridgehead atoms. The Morgan fingerprint density at radius 2 is 2.11 bits per heavy atom. The monoisotopic (exact) mass is 347 g/mol. The molecular weight excluding hydrogens is 330 g/mol. The van der Waals surface area contributed by atoms with Gasteiger partial charge in [-0.3, -0.25) is 0 Å². The van der Waals surface area contributed by atoms with E-state index in [4.69, 9.17) is 16.3 Å². The molecule has 0 aromatic heterocycles. The Labute approximate surface area is 127 Å². The van der Waals surface area contributed by atoms with Gasteiger partial charge >= 0.3 is 0 Å². The van der Waals surface area contributed by atoms with Crippen LogP contribution in [0.5, 0.6) is 0 Å². The van der Waals surface area contributed by atoms with Gasteiger partial charge in [0.1, 0.15) is 0 Å². The standard InChI is InChI=1S/C14H19BrClNO2/c15-13-7-12(16)2-1-11(13)8-17-9-14(10-18)3-5-19-6-4-14/h1-2,7,17-18H,3-6,8-10H2. The number of rotatable bonds is 5. The third kappa shape index (κ3) is 4.17. The molecule has 2 rings (SSSR count). The topological polar surface area (TPSA) is 41.5 Å². The van der Waals surface area contributed by atoms with E-state index >= 15 is 0 Å². The lowest BCUT2D eigenvalue weighted by Gasteiger charge is -2.35. The van der Waals surface area contributed by atoms with Gasteiger partial charge in [-0.25, -0.2) is 0 Å². The van der Waals surface area contributed by atoms with Crippen molar-refractivity contribution in [2.45, 2.75) is 19.4 Å². The first-order valence-electron chi connectivity index (χ1n) is 6.48. The highest BCUT2D eigenvalue weighted by molar-refractivity contribution is 9.10. The van der Waals surface area contributed by atoms with Gasteiger partial charge in [0.05, 0.1) is 6.61 Å². The molecule has 0 atom stereocenters. The van der Waals surface area contributed by atoms with Gasteiger partial charge < -0.3 is 15.2 Å². The van der Waals surface area contributed by atoms with Gasteiger partial charge in [-0.2, -0.15) is 0 Å². The fourth-order valence-electron chi connectivity index (χ4n) is 2.32. The van der Waals surface area contributed by atoms with Gasteiger partial charge in [-0.15, -0.1) is 0 Å². The van der Waals surface area contributed by atoms with E-state index in [9.17, 15) is 5.11 Å². The molecule has 5 heteroatoms. The first kappa shape index (κ1) is 15.3. The smallest absolute Gasteiger partial charge is 0.0501 e. The lowest BCUT2D eigenvalue weighted by molar-refractivity contribution is -0.0154. The molecular formula is C14H19BrClNO2. The van der Waals surface area contributed by atoms with Crippen LogP contribution in [0.25, 0.3) is 0 Å². The summed E-state index contributed by atoms with van der Waals surface area (Å²) in [6.45, 7) is 3.27. The molecule has 0 spiro atoms. The van der Waals surface area contributed by atoms with Crippen molar-refractivity contribution in [2.75, 3.05) is 26.4 Å². The van der Waals surface area contributed by atoms with E-state index in [2.05, 4.69) is 21.2 Å². The van der Waals surface area contributed by atoms with Crippen molar-refractivity contribution in [3.8, 4) is 0 Å². The molecule has 0 aliphatic carbocycles. The maximum Gasteiger partial charge on any atom is 0.0501 e. The zero-order valence-corrected chi connectivity index (χ0v) is 13.1. The van der Waals surface area contributed by atoms with Crippen LogP contribution in [0, 0.1) is 5.41 Å². The van der Waals surface area contributed by atoms with E-state index in [1.54, 1.807) is 0 Å². The molecule has 0 amide bonds. The highest BCUT2D eigenvalue weighted by atomic mass is 79.9. The van der Waals surface area contributed by atoms with Crippen molar-refractivity contribution in [2.24, 2.45) is 5.41 Å². The van der Waals surface area contributed by atoms with Crippen molar-refractivity contribution in [1.29, 1.82) is 0 Å². The Bertz CT molecular complexity index is 422. The van der Waals surface area contributed by atoms with Crippen LogP contribution in [0.15, 0.2) is 22.7 Å². The molecule has 1 aromatic rings. The lowest BCUT2D eigenvalue weighted by atomic mass is 9.81. The molecule has 1 aliphatic heterocycles. The van der Waals surface area contributed by atoms with Gasteiger partial charge in [-0.05, 0) is 30.5 Å². The quantitative estimate of drug-likeness (QED) is 0.859. The molecule has 0 saturated carbocycles. The number of benzene rings is 1. The van der Waals surface area contributed by atoms with Crippen LogP contribution in [-0.4, -0.2) is 31.5 Å². The number of hydrogen-bond donors (Lipinski definition) is 2. The third-order valence-electron chi connectivity index (χ3n) is 3.72. The normalized spacial score (nSPS) is 18.5. The Kier molecular flexibility index (Phi) is 5.66. The second-order valence-electron chi connectivity index (χ2n) is 5.11. The summed E-state index contributed by atoms with van der Waals surface area (Å²) in [6, 6.07) is 5.80. The van der Waals surface area contributed by atoms with E-state index in [0.29, 0.717) is 0 Å². The van der Waals surface area contributed by atoms with Crippen LogP contribution in [-0.2, 0) is 11.3 Å². The maximum atomic E-state index is 9.61. The highest BCUT2D eigenvalue weighted by Crippen LogP contribution is 2.29. The summed E-state index contributed by atoms with van der Waals surface area (Å²) in [7, 11) is 0. The molecule has 1 aromatic carbocycles. The third-order valence-corrected chi connectivity index (χ3v) is 4.69. The lowest BCUT2D eigenvalue weighted by Crippen LogP contribution is -2.41. The van der Waals surface area contributed by atoms with Crippen LogP contribution in [0.3, 0.4) is 0 Å². The number of nitrogens with one attached hydrogen (secondary N) is 1. The summed E-state index contributed by atoms with van der Waals surface area (Å²) in [6.07, 6.45) is 1.83. The summed E-state index contributed by atoms with van der Waals surface area (Å²) < 4.78 is 6.37. The van der Waals surface area contributed by atoms with E-state index in [-0.39, 0.29) is 12.0 Å². The number of aliphatic hydroxyl groups excluding tert-OH is 1. The minimum atomic E-state index is -0.0306. The molecule has 19 heavy (non-hydrogen) atoms. The van der Waals surface area contributed by atoms with Crippen LogP contribution < -0.4 is 5.32 Å². The van der Waals surface area contributed by atoms with Crippen LogP contribution in [0.4, 0.5) is 0 Å².